The molecular formula is C20H21N3O3S3. The van der Waals surface area contributed by atoms with Crippen molar-refractivity contribution in [2.24, 2.45) is 0 Å². The van der Waals surface area contributed by atoms with Crippen LogP contribution in [0.4, 0.5) is 5.13 Å². The highest BCUT2D eigenvalue weighted by molar-refractivity contribution is 7.98. The van der Waals surface area contributed by atoms with Crippen molar-refractivity contribution < 1.29 is 13.2 Å². The van der Waals surface area contributed by atoms with Gasteiger partial charge in [0.05, 0.1) is 20.7 Å². The van der Waals surface area contributed by atoms with Gasteiger partial charge in [-0.2, -0.15) is 0 Å². The standard InChI is InChI=1S/C20H21N3O3S3/c1-27-14-7-8-16-17(13-14)28-20(21-16)23-11-9-22(10-12-23)19(24)15-5-3-4-6-18(15)29(2,25)26/h3-8,13H,9-12H2,1-2H3. The van der Waals surface area contributed by atoms with Crippen molar-refractivity contribution in [3.05, 3.63) is 48.0 Å². The van der Waals surface area contributed by atoms with Gasteiger partial charge in [0.25, 0.3) is 5.91 Å². The zero-order valence-corrected chi connectivity index (χ0v) is 18.6. The number of fused-ring (bicyclic) bond motifs is 1. The maximum atomic E-state index is 12.9. The van der Waals surface area contributed by atoms with Gasteiger partial charge in [-0.25, -0.2) is 13.4 Å². The summed E-state index contributed by atoms with van der Waals surface area (Å²) >= 11 is 3.37. The molecule has 4 rings (SSSR count). The Morgan fingerprint density at radius 2 is 1.83 bits per heavy atom. The van der Waals surface area contributed by atoms with Gasteiger partial charge in [0.15, 0.2) is 15.0 Å². The normalized spacial score (nSPS) is 15.1. The van der Waals surface area contributed by atoms with Crippen molar-refractivity contribution in [3.63, 3.8) is 0 Å². The van der Waals surface area contributed by atoms with Crippen LogP contribution in [0.5, 0.6) is 0 Å². The molecule has 1 saturated heterocycles. The summed E-state index contributed by atoms with van der Waals surface area (Å²) in [6.07, 6.45) is 3.19. The monoisotopic (exact) mass is 447 g/mol. The van der Waals surface area contributed by atoms with Gasteiger partial charge in [-0.05, 0) is 36.6 Å². The molecule has 0 bridgehead atoms. The van der Waals surface area contributed by atoms with E-state index in [9.17, 15) is 13.2 Å². The Morgan fingerprint density at radius 3 is 2.52 bits per heavy atom. The summed E-state index contributed by atoms with van der Waals surface area (Å²) in [6.45, 7) is 2.40. The minimum absolute atomic E-state index is 0.0863. The molecule has 0 spiro atoms. The molecule has 0 aliphatic carbocycles. The molecule has 2 aromatic carbocycles. The molecule has 0 atom stereocenters. The van der Waals surface area contributed by atoms with Gasteiger partial charge in [-0.1, -0.05) is 23.5 Å². The fourth-order valence-corrected chi connectivity index (χ4v) is 5.84. The van der Waals surface area contributed by atoms with E-state index in [1.807, 2.05) is 6.07 Å². The number of rotatable bonds is 4. The second-order valence-electron chi connectivity index (χ2n) is 6.88. The van der Waals surface area contributed by atoms with Crippen LogP contribution in [-0.2, 0) is 9.84 Å². The molecule has 152 valence electrons. The van der Waals surface area contributed by atoms with E-state index in [1.165, 1.54) is 11.0 Å². The van der Waals surface area contributed by atoms with E-state index in [0.717, 1.165) is 21.6 Å². The van der Waals surface area contributed by atoms with Crippen LogP contribution in [0.2, 0.25) is 0 Å². The van der Waals surface area contributed by atoms with Crippen molar-refractivity contribution in [2.75, 3.05) is 43.6 Å². The van der Waals surface area contributed by atoms with Gasteiger partial charge >= 0.3 is 0 Å². The number of hydrogen-bond donors (Lipinski definition) is 0. The van der Waals surface area contributed by atoms with Crippen LogP contribution in [0, 0.1) is 0 Å². The fourth-order valence-electron chi connectivity index (χ4n) is 3.39. The minimum Gasteiger partial charge on any atom is -0.345 e. The first-order valence-corrected chi connectivity index (χ1v) is 13.1. The predicted octanol–water partition coefficient (Wildman–Crippen LogP) is 3.38. The molecule has 1 fully saturated rings. The molecule has 29 heavy (non-hydrogen) atoms. The number of amides is 1. The Hall–Kier alpha value is -2.10. The lowest BCUT2D eigenvalue weighted by molar-refractivity contribution is 0.0743. The topological polar surface area (TPSA) is 70.6 Å². The summed E-state index contributed by atoms with van der Waals surface area (Å²) < 4.78 is 25.2. The Bertz CT molecular complexity index is 1170. The summed E-state index contributed by atoms with van der Waals surface area (Å²) in [6, 6.07) is 12.7. The molecule has 1 aliphatic rings. The average molecular weight is 448 g/mol. The number of aromatic nitrogens is 1. The minimum atomic E-state index is -3.46. The SMILES string of the molecule is CSc1ccc2nc(N3CCN(C(=O)c4ccccc4S(C)(=O)=O)CC3)sc2c1. The first kappa shape index (κ1) is 20.2. The summed E-state index contributed by atoms with van der Waals surface area (Å²) in [7, 11) is -3.46. The van der Waals surface area contributed by atoms with E-state index in [1.54, 1.807) is 46.2 Å². The molecule has 3 aromatic rings. The molecule has 2 heterocycles. The average Bonchev–Trinajstić information content (AvgIpc) is 3.16. The second-order valence-corrected chi connectivity index (χ2v) is 10.8. The smallest absolute Gasteiger partial charge is 0.255 e. The third-order valence-corrected chi connectivity index (χ3v) is 7.90. The molecule has 0 radical (unpaired) electrons. The highest BCUT2D eigenvalue weighted by atomic mass is 32.2. The summed E-state index contributed by atoms with van der Waals surface area (Å²) in [5.74, 6) is -0.236. The molecule has 0 unspecified atom stereocenters. The molecule has 0 N–H and O–H groups in total. The van der Waals surface area contributed by atoms with E-state index in [0.29, 0.717) is 26.2 Å². The first-order chi connectivity index (χ1) is 13.9. The van der Waals surface area contributed by atoms with Crippen LogP contribution < -0.4 is 4.90 Å². The van der Waals surface area contributed by atoms with Crippen molar-refractivity contribution >= 4 is 54.2 Å². The number of piperazine rings is 1. The van der Waals surface area contributed by atoms with Crippen LogP contribution in [0.25, 0.3) is 10.2 Å². The zero-order valence-electron chi connectivity index (χ0n) is 16.2. The second kappa shape index (κ2) is 7.97. The Morgan fingerprint density at radius 1 is 1.10 bits per heavy atom. The molecule has 6 nitrogen and oxygen atoms in total. The van der Waals surface area contributed by atoms with E-state index < -0.39 is 9.84 Å². The first-order valence-electron chi connectivity index (χ1n) is 9.15. The maximum absolute atomic E-state index is 12.9. The van der Waals surface area contributed by atoms with Gasteiger partial charge in [-0.15, -0.1) is 11.8 Å². The molecule has 9 heteroatoms. The number of sulfone groups is 1. The predicted molar refractivity (Wildman–Crippen MR) is 119 cm³/mol. The van der Waals surface area contributed by atoms with Crippen LogP contribution in [0.1, 0.15) is 10.4 Å². The lowest BCUT2D eigenvalue weighted by Gasteiger charge is -2.34. The molecular weight excluding hydrogens is 426 g/mol. The van der Waals surface area contributed by atoms with Crippen LogP contribution in [0.3, 0.4) is 0 Å². The van der Waals surface area contributed by atoms with E-state index >= 15 is 0 Å². The van der Waals surface area contributed by atoms with E-state index in [4.69, 9.17) is 4.98 Å². The Balaban J connectivity index is 1.49. The van der Waals surface area contributed by atoms with Crippen LogP contribution in [0.15, 0.2) is 52.3 Å². The zero-order chi connectivity index (χ0) is 20.6. The molecule has 1 amide bonds. The van der Waals surface area contributed by atoms with Crippen molar-refractivity contribution in [3.8, 4) is 0 Å². The van der Waals surface area contributed by atoms with Gasteiger partial charge < -0.3 is 9.80 Å². The third-order valence-electron chi connectivity index (χ3n) is 4.94. The number of hydrogen-bond acceptors (Lipinski definition) is 7. The lowest BCUT2D eigenvalue weighted by atomic mass is 10.2. The summed E-state index contributed by atoms with van der Waals surface area (Å²) in [5, 5.41) is 0.960. The third kappa shape index (κ3) is 4.12. The molecule has 1 aromatic heterocycles. The number of thiazole rings is 1. The summed E-state index contributed by atoms with van der Waals surface area (Å²) in [5.41, 5.74) is 1.23. The highest BCUT2D eigenvalue weighted by Gasteiger charge is 2.27. The Kier molecular flexibility index (Phi) is 5.54. The highest BCUT2D eigenvalue weighted by Crippen LogP contribution is 2.32. The van der Waals surface area contributed by atoms with Gasteiger partial charge in [0, 0.05) is 37.3 Å². The summed E-state index contributed by atoms with van der Waals surface area (Å²) in [4.78, 5) is 22.9. The van der Waals surface area contributed by atoms with Crippen molar-refractivity contribution in [2.45, 2.75) is 9.79 Å². The van der Waals surface area contributed by atoms with Crippen LogP contribution in [-0.4, -0.2) is 62.9 Å². The van der Waals surface area contributed by atoms with E-state index in [-0.39, 0.29) is 16.4 Å². The fraction of sp³-hybridized carbons (Fsp3) is 0.300. The maximum Gasteiger partial charge on any atom is 0.255 e. The number of carbonyl (C=O) groups is 1. The van der Waals surface area contributed by atoms with Gasteiger partial charge in [0.2, 0.25) is 0 Å². The number of carbonyl (C=O) groups excluding carboxylic acids is 1. The quantitative estimate of drug-likeness (QED) is 0.571. The lowest BCUT2D eigenvalue weighted by Crippen LogP contribution is -2.49. The van der Waals surface area contributed by atoms with Crippen molar-refractivity contribution in [1.29, 1.82) is 0 Å². The van der Waals surface area contributed by atoms with Gasteiger partial charge in [-0.3, -0.25) is 4.79 Å². The van der Waals surface area contributed by atoms with Crippen molar-refractivity contribution in [1.82, 2.24) is 9.88 Å². The number of anilines is 1. The molecule has 1 aliphatic heterocycles. The van der Waals surface area contributed by atoms with Crippen LogP contribution >= 0.6 is 23.1 Å². The number of benzene rings is 2. The Labute approximate surface area is 178 Å². The van der Waals surface area contributed by atoms with Gasteiger partial charge in [0.1, 0.15) is 0 Å². The number of nitrogens with zero attached hydrogens (tertiary/aromatic N) is 3. The molecule has 0 saturated carbocycles. The largest absolute Gasteiger partial charge is 0.345 e. The van der Waals surface area contributed by atoms with E-state index in [2.05, 4.69) is 23.3 Å². The number of thioether (sulfide) groups is 1.